The van der Waals surface area contributed by atoms with E-state index in [2.05, 4.69) is 44.4 Å². The van der Waals surface area contributed by atoms with Crippen molar-refractivity contribution < 1.29 is 9.53 Å². The minimum Gasteiger partial charge on any atom is -0.489 e. The highest BCUT2D eigenvalue weighted by Crippen LogP contribution is 2.42. The summed E-state index contributed by atoms with van der Waals surface area (Å²) in [5.41, 5.74) is 4.85. The summed E-state index contributed by atoms with van der Waals surface area (Å²) in [6.45, 7) is 14.7. The number of carbonyl (C=O) groups is 1. The maximum absolute atomic E-state index is 13.7. The van der Waals surface area contributed by atoms with Gasteiger partial charge in [0.25, 0.3) is 0 Å². The van der Waals surface area contributed by atoms with Crippen LogP contribution in [-0.2, 0) is 11.2 Å². The number of benzene rings is 1. The van der Waals surface area contributed by atoms with E-state index in [1.807, 2.05) is 69.6 Å². The Morgan fingerprint density at radius 1 is 1.16 bits per heavy atom. The largest absolute Gasteiger partial charge is 0.489 e. The molecule has 0 aliphatic heterocycles. The van der Waals surface area contributed by atoms with Crippen LogP contribution in [0.3, 0.4) is 0 Å². The van der Waals surface area contributed by atoms with Crippen molar-refractivity contribution in [2.75, 3.05) is 6.61 Å². The van der Waals surface area contributed by atoms with E-state index >= 15 is 0 Å². The van der Waals surface area contributed by atoms with Crippen LogP contribution in [0.4, 0.5) is 0 Å². The van der Waals surface area contributed by atoms with Crippen molar-refractivity contribution in [2.45, 2.75) is 80.2 Å². The number of ketones is 1. The number of ether oxygens (including phenoxy) is 1. The lowest BCUT2D eigenvalue weighted by atomic mass is 9.72. The number of aryl methyl sites for hydroxylation is 1. The Morgan fingerprint density at radius 3 is 2.51 bits per heavy atom. The lowest BCUT2D eigenvalue weighted by molar-refractivity contribution is -0.118. The highest BCUT2D eigenvalue weighted by Gasteiger charge is 2.38. The molecule has 0 amide bonds. The molecule has 0 aromatic heterocycles. The van der Waals surface area contributed by atoms with Crippen LogP contribution in [0.5, 0.6) is 5.75 Å². The second-order valence-electron chi connectivity index (χ2n) is 10.0. The molecule has 1 aromatic carbocycles. The molecule has 1 aliphatic rings. The molecule has 2 N–H and O–H groups in total. The summed E-state index contributed by atoms with van der Waals surface area (Å²) < 4.78 is 6.09. The van der Waals surface area contributed by atoms with Crippen LogP contribution in [0.15, 0.2) is 71.8 Å². The standard InChI is InChI=1S/C32H43N3O2/c1-8-13-16-34-27-19-32(6,7)20-28(36)30(27)31(35-15-10-3)29-24(12-5)17-26(18-25(29)21-33)37-22-23(11-4)14-9-2/h9-11,13-18,31,34-35H,8,12,19-20,22H2,1-7H3/b14-9-,15-10+,16-13+,23-11+. The third kappa shape index (κ3) is 7.98. The molecule has 0 fully saturated rings. The molecule has 0 radical (unpaired) electrons. The van der Waals surface area contributed by atoms with Crippen molar-refractivity contribution in [1.82, 2.24) is 10.6 Å². The SMILES string of the molecule is C/C=C\C(=C/C)COc1cc(C#N)c(C(N/C=C/C)C2=C(N/C=C/CC)CC(C)(C)CC2=O)c(CC)c1. The number of nitrogens with one attached hydrogen (secondary N) is 2. The topological polar surface area (TPSA) is 74.2 Å². The van der Waals surface area contributed by atoms with Crippen LogP contribution in [0.1, 0.15) is 90.5 Å². The Morgan fingerprint density at radius 2 is 1.92 bits per heavy atom. The van der Waals surface area contributed by atoms with Gasteiger partial charge < -0.3 is 15.4 Å². The van der Waals surface area contributed by atoms with Crippen molar-refractivity contribution in [3.63, 3.8) is 0 Å². The fraction of sp³-hybridized carbons (Fsp3) is 0.438. The Hall–Kier alpha value is -3.52. The summed E-state index contributed by atoms with van der Waals surface area (Å²) in [6, 6.07) is 5.74. The maximum Gasteiger partial charge on any atom is 0.163 e. The molecular formula is C32H43N3O2. The third-order valence-corrected chi connectivity index (χ3v) is 6.44. The van der Waals surface area contributed by atoms with Crippen molar-refractivity contribution in [2.24, 2.45) is 5.41 Å². The number of nitrogens with zero attached hydrogens (tertiary/aromatic N) is 1. The summed E-state index contributed by atoms with van der Waals surface area (Å²) in [5, 5.41) is 17.1. The molecular weight excluding hydrogens is 458 g/mol. The summed E-state index contributed by atoms with van der Waals surface area (Å²) >= 11 is 0. The van der Waals surface area contributed by atoms with Gasteiger partial charge in [-0.25, -0.2) is 0 Å². The first kappa shape index (κ1) is 29.7. The number of allylic oxidation sites excluding steroid dienone is 5. The lowest BCUT2D eigenvalue weighted by Gasteiger charge is -2.36. The number of hydrogen-bond donors (Lipinski definition) is 2. The van der Waals surface area contributed by atoms with Crippen LogP contribution < -0.4 is 15.4 Å². The molecule has 0 saturated carbocycles. The average molecular weight is 502 g/mol. The lowest BCUT2D eigenvalue weighted by Crippen LogP contribution is -2.35. The molecule has 1 aliphatic carbocycles. The monoisotopic (exact) mass is 501 g/mol. The van der Waals surface area contributed by atoms with Crippen LogP contribution in [-0.4, -0.2) is 12.4 Å². The molecule has 2 rings (SSSR count). The number of nitriles is 1. The van der Waals surface area contributed by atoms with E-state index < -0.39 is 6.04 Å². The Balaban J connectivity index is 2.69. The van der Waals surface area contributed by atoms with Gasteiger partial charge >= 0.3 is 0 Å². The normalized spacial score (nSPS) is 17.0. The van der Waals surface area contributed by atoms with Crippen LogP contribution >= 0.6 is 0 Å². The average Bonchev–Trinajstić information content (AvgIpc) is 2.87. The van der Waals surface area contributed by atoms with Gasteiger partial charge in [0, 0.05) is 23.3 Å². The van der Waals surface area contributed by atoms with E-state index in [0.29, 0.717) is 36.3 Å². The van der Waals surface area contributed by atoms with Crippen LogP contribution in [0, 0.1) is 16.7 Å². The summed E-state index contributed by atoms with van der Waals surface area (Å²) in [6.07, 6.45) is 16.5. The second kappa shape index (κ2) is 14.3. The first-order valence-electron chi connectivity index (χ1n) is 13.3. The van der Waals surface area contributed by atoms with E-state index in [1.165, 1.54) is 0 Å². The van der Waals surface area contributed by atoms with Crippen LogP contribution in [0.25, 0.3) is 0 Å². The highest BCUT2D eigenvalue weighted by atomic mass is 16.5. The number of hydrogen-bond acceptors (Lipinski definition) is 5. The molecule has 1 unspecified atom stereocenters. The van der Waals surface area contributed by atoms with E-state index in [-0.39, 0.29) is 11.2 Å². The zero-order valence-corrected chi connectivity index (χ0v) is 23.6. The van der Waals surface area contributed by atoms with Crippen LogP contribution in [0.2, 0.25) is 0 Å². The fourth-order valence-electron chi connectivity index (χ4n) is 4.68. The minimum absolute atomic E-state index is 0.0981. The van der Waals surface area contributed by atoms with Gasteiger partial charge in [-0.05, 0) is 81.1 Å². The summed E-state index contributed by atoms with van der Waals surface area (Å²) in [7, 11) is 0. The van der Waals surface area contributed by atoms with E-state index in [9.17, 15) is 10.1 Å². The molecule has 1 atom stereocenters. The summed E-state index contributed by atoms with van der Waals surface area (Å²) in [5.74, 6) is 0.751. The molecule has 5 nitrogen and oxygen atoms in total. The third-order valence-electron chi connectivity index (χ3n) is 6.44. The predicted molar refractivity (Wildman–Crippen MR) is 153 cm³/mol. The smallest absolute Gasteiger partial charge is 0.163 e. The van der Waals surface area contributed by atoms with Crippen molar-refractivity contribution >= 4 is 5.78 Å². The van der Waals surface area contributed by atoms with Gasteiger partial charge in [-0.2, -0.15) is 5.26 Å². The second-order valence-corrected chi connectivity index (χ2v) is 10.0. The number of Topliss-reactive ketones (excluding diaryl/α,β-unsaturated/α-hetero) is 1. The van der Waals surface area contributed by atoms with Crippen molar-refractivity contribution in [1.29, 1.82) is 5.26 Å². The zero-order chi connectivity index (χ0) is 27.4. The maximum atomic E-state index is 13.7. The molecule has 198 valence electrons. The molecule has 0 heterocycles. The summed E-state index contributed by atoms with van der Waals surface area (Å²) in [4.78, 5) is 13.7. The van der Waals surface area contributed by atoms with Gasteiger partial charge in [-0.3, -0.25) is 4.79 Å². The quantitative estimate of drug-likeness (QED) is 0.293. The molecule has 5 heteroatoms. The van der Waals surface area contributed by atoms with E-state index in [1.54, 1.807) is 6.07 Å². The van der Waals surface area contributed by atoms with Gasteiger partial charge in [-0.15, -0.1) is 0 Å². The Labute approximate surface area is 223 Å². The van der Waals surface area contributed by atoms with Crippen molar-refractivity contribution in [3.05, 3.63) is 88.4 Å². The minimum atomic E-state index is -0.454. The zero-order valence-electron chi connectivity index (χ0n) is 23.6. The fourth-order valence-corrected chi connectivity index (χ4v) is 4.68. The molecule has 1 aromatic rings. The van der Waals surface area contributed by atoms with Gasteiger partial charge in [-0.1, -0.05) is 58.1 Å². The Bertz CT molecular complexity index is 1140. The number of rotatable bonds is 12. The van der Waals surface area contributed by atoms with Gasteiger partial charge in [0.05, 0.1) is 17.7 Å². The van der Waals surface area contributed by atoms with Gasteiger partial charge in [0.15, 0.2) is 5.78 Å². The van der Waals surface area contributed by atoms with E-state index in [0.717, 1.165) is 35.2 Å². The molecule has 0 spiro atoms. The van der Waals surface area contributed by atoms with Gasteiger partial charge in [0.2, 0.25) is 0 Å². The molecule has 0 bridgehead atoms. The number of carbonyl (C=O) groups excluding carboxylic acids is 1. The predicted octanol–water partition coefficient (Wildman–Crippen LogP) is 7.34. The van der Waals surface area contributed by atoms with Gasteiger partial charge in [0.1, 0.15) is 12.4 Å². The van der Waals surface area contributed by atoms with Crippen molar-refractivity contribution in [3.8, 4) is 11.8 Å². The first-order chi connectivity index (χ1) is 17.7. The molecule has 37 heavy (non-hydrogen) atoms. The van der Waals surface area contributed by atoms with E-state index in [4.69, 9.17) is 4.74 Å². The molecule has 0 saturated heterocycles. The first-order valence-corrected chi connectivity index (χ1v) is 13.3. The highest BCUT2D eigenvalue weighted by molar-refractivity contribution is 5.99. The Kier molecular flexibility index (Phi) is 11.5.